The van der Waals surface area contributed by atoms with Crippen LogP contribution in [-0.2, 0) is 30.3 Å². The molecule has 63 heavy (non-hydrogen) atoms. The molecule has 2 bridgehead atoms. The molecule has 13 nitrogen and oxygen atoms in total. The molecule has 3 fully saturated rings. The molecule has 9 rings (SSSR count). The fraction of sp³-hybridized carbons (Fsp3) is 0.510. The highest BCUT2D eigenvalue weighted by Gasteiger charge is 2.45. The quantitative estimate of drug-likeness (QED) is 0.134. The van der Waals surface area contributed by atoms with Crippen LogP contribution in [0.3, 0.4) is 0 Å². The minimum absolute atomic E-state index is 0.00734. The first-order chi connectivity index (χ1) is 30.4. The Morgan fingerprint density at radius 3 is 2.19 bits per heavy atom. The summed E-state index contributed by atoms with van der Waals surface area (Å²) in [5.74, 6) is -0.199. The van der Waals surface area contributed by atoms with Gasteiger partial charge in [-0.3, -0.25) is 24.3 Å². The van der Waals surface area contributed by atoms with Crippen LogP contribution in [0, 0.1) is 17.8 Å². The van der Waals surface area contributed by atoms with Crippen LogP contribution in [0.2, 0.25) is 0 Å². The monoisotopic (exact) mass is 873 g/mol. The van der Waals surface area contributed by atoms with E-state index in [9.17, 15) is 19.2 Å². The number of nitrogens with zero attached hydrogens (tertiary/aromatic N) is 5. The number of aliphatic imine (C=N–C) groups is 1. The van der Waals surface area contributed by atoms with Gasteiger partial charge in [-0.25, -0.2) is 9.78 Å². The Balaban J connectivity index is 0.948. The van der Waals surface area contributed by atoms with E-state index in [4.69, 9.17) is 19.5 Å². The Morgan fingerprint density at radius 1 is 0.810 bits per heavy atom. The summed E-state index contributed by atoms with van der Waals surface area (Å²) in [5, 5.41) is 2.76. The number of carbonyl (C=O) groups is 4. The lowest BCUT2D eigenvalue weighted by Crippen LogP contribution is -2.53. The Hall–Kier alpha value is -5.34. The van der Waals surface area contributed by atoms with E-state index in [1.807, 2.05) is 43.7 Å². The number of amides is 3. The zero-order valence-corrected chi connectivity index (χ0v) is 38.2. The van der Waals surface area contributed by atoms with Crippen LogP contribution in [-0.4, -0.2) is 101 Å². The van der Waals surface area contributed by atoms with Gasteiger partial charge in [0.05, 0.1) is 61.1 Å². The van der Waals surface area contributed by atoms with Crippen LogP contribution < -0.4 is 5.32 Å². The summed E-state index contributed by atoms with van der Waals surface area (Å²) >= 11 is 1.76. The number of ether oxygens (including phenoxy) is 2. The third-order valence-electron chi connectivity index (χ3n) is 14.3. The summed E-state index contributed by atoms with van der Waals surface area (Å²) in [5.41, 5.74) is 10.7. The van der Waals surface area contributed by atoms with Crippen molar-refractivity contribution in [1.82, 2.24) is 30.0 Å². The average Bonchev–Trinajstić information content (AvgIpc) is 4.14. The molecule has 3 amide bonds. The van der Waals surface area contributed by atoms with E-state index in [0.717, 1.165) is 66.3 Å². The number of hydrogen-bond donors (Lipinski definition) is 2. The van der Waals surface area contributed by atoms with Crippen molar-refractivity contribution in [3.05, 3.63) is 71.2 Å². The van der Waals surface area contributed by atoms with E-state index >= 15 is 0 Å². The zero-order chi connectivity index (χ0) is 44.3. The minimum atomic E-state index is -0.664. The molecule has 0 saturated carbocycles. The van der Waals surface area contributed by atoms with Gasteiger partial charge in [0.25, 0.3) is 0 Å². The van der Waals surface area contributed by atoms with Gasteiger partial charge in [-0.15, -0.1) is 11.3 Å². The van der Waals surface area contributed by atoms with Crippen LogP contribution in [0.15, 0.2) is 53.7 Å². The summed E-state index contributed by atoms with van der Waals surface area (Å²) < 4.78 is 9.75. The number of esters is 1. The number of rotatable bonds is 12. The molecule has 5 aliphatic heterocycles. The van der Waals surface area contributed by atoms with Gasteiger partial charge in [0.2, 0.25) is 11.8 Å². The number of thiophene rings is 1. The Morgan fingerprint density at radius 2 is 1.49 bits per heavy atom. The van der Waals surface area contributed by atoms with Gasteiger partial charge < -0.3 is 29.6 Å². The Labute approximate surface area is 373 Å². The SMILES string of the molecule is COC(=O)C[C@H](C(=O)N1CCC[C@H]1c1ncc(-c2ccc(-c3ccc(-c4ccc5c(c4)CC([C@@H]4CCCN4C(=O)[C@@H](NC(=O)OC)C(C)C)=N5)c4c3C3CCC4N3C)s2)[nH]1)C(C)C. The van der Waals surface area contributed by atoms with Crippen LogP contribution in [0.4, 0.5) is 10.5 Å². The van der Waals surface area contributed by atoms with Crippen molar-refractivity contribution in [2.75, 3.05) is 34.4 Å². The van der Waals surface area contributed by atoms with Crippen molar-refractivity contribution < 1.29 is 28.7 Å². The van der Waals surface area contributed by atoms with E-state index in [1.54, 1.807) is 11.3 Å². The molecule has 4 aromatic rings. The van der Waals surface area contributed by atoms with E-state index in [0.29, 0.717) is 31.6 Å². The molecule has 0 radical (unpaired) electrons. The maximum Gasteiger partial charge on any atom is 0.407 e. The van der Waals surface area contributed by atoms with Crippen LogP contribution in [0.1, 0.15) is 113 Å². The standard InChI is InChI=1S/C49H59N7O6S/c1-26(2)32(24-42(57)61-6)47(58)56-21-9-11-39(56)46-50-25-35(52-46)41-19-18-40(63-41)31-14-13-30(43-37-16-17-38(44(31)43)54(37)5)28-12-15-33-29(22-28)23-34(51-33)36-10-8-20-55(36)48(59)45(27(3)4)53-49(60)62-7/h12-15,18-19,22,25-27,32,36-39,45H,8-11,16-17,20-21,23-24H2,1-7H3,(H,50,52)(H,53,60)/t32-,36-,37?,38?,39-,45-/m0/s1. The number of likely N-dealkylation sites (tertiary alicyclic amines) is 2. The lowest BCUT2D eigenvalue weighted by Gasteiger charge is -2.30. The number of aromatic nitrogens is 2. The second kappa shape index (κ2) is 17.3. The molecule has 6 atom stereocenters. The summed E-state index contributed by atoms with van der Waals surface area (Å²) in [6.45, 7) is 9.12. The van der Waals surface area contributed by atoms with Crippen LogP contribution >= 0.6 is 11.3 Å². The molecule has 3 saturated heterocycles. The highest BCUT2D eigenvalue weighted by Crippen LogP contribution is 2.58. The van der Waals surface area contributed by atoms with Gasteiger partial charge in [0, 0.05) is 42.2 Å². The second-order valence-corrected chi connectivity index (χ2v) is 19.7. The predicted molar refractivity (Wildman–Crippen MR) is 244 cm³/mol. The fourth-order valence-corrected chi connectivity index (χ4v) is 12.0. The van der Waals surface area contributed by atoms with Crippen molar-refractivity contribution >= 4 is 46.6 Å². The molecule has 332 valence electrons. The summed E-state index contributed by atoms with van der Waals surface area (Å²) in [6, 6.07) is 15.4. The smallest absolute Gasteiger partial charge is 0.407 e. The van der Waals surface area contributed by atoms with Crippen molar-refractivity contribution in [1.29, 1.82) is 0 Å². The number of aromatic amines is 1. The third kappa shape index (κ3) is 7.76. The van der Waals surface area contributed by atoms with E-state index in [2.05, 4.69) is 64.7 Å². The van der Waals surface area contributed by atoms with Gasteiger partial charge in [-0.05, 0) is 115 Å². The van der Waals surface area contributed by atoms with E-state index < -0.39 is 18.1 Å². The predicted octanol–water partition coefficient (Wildman–Crippen LogP) is 8.79. The maximum absolute atomic E-state index is 13.8. The molecule has 2 aromatic carbocycles. The number of fused-ring (bicyclic) bond motifs is 6. The number of H-pyrrole nitrogens is 1. The van der Waals surface area contributed by atoms with Gasteiger partial charge >= 0.3 is 12.1 Å². The molecule has 2 unspecified atom stereocenters. The van der Waals surface area contributed by atoms with Crippen molar-refractivity contribution in [2.45, 2.75) is 109 Å². The number of nitrogens with one attached hydrogen (secondary N) is 2. The van der Waals surface area contributed by atoms with Crippen molar-refractivity contribution in [3.63, 3.8) is 0 Å². The third-order valence-corrected chi connectivity index (χ3v) is 15.5. The number of alkyl carbamates (subject to hydrolysis) is 1. The fourth-order valence-electron chi connectivity index (χ4n) is 11.0. The highest BCUT2D eigenvalue weighted by molar-refractivity contribution is 7.18. The molecule has 0 spiro atoms. The number of hydrogen-bond acceptors (Lipinski definition) is 10. The molecule has 2 N–H and O–H groups in total. The molecular weight excluding hydrogens is 815 g/mol. The molecule has 7 heterocycles. The highest BCUT2D eigenvalue weighted by atomic mass is 32.1. The average molecular weight is 874 g/mol. The van der Waals surface area contributed by atoms with Gasteiger partial charge in [0.1, 0.15) is 11.9 Å². The van der Waals surface area contributed by atoms with Gasteiger partial charge in [-0.1, -0.05) is 45.9 Å². The molecule has 2 aromatic heterocycles. The van der Waals surface area contributed by atoms with E-state index in [-0.39, 0.29) is 48.1 Å². The Kier molecular flexibility index (Phi) is 11.8. The summed E-state index contributed by atoms with van der Waals surface area (Å²) in [6.07, 6.45) is 7.76. The first-order valence-electron chi connectivity index (χ1n) is 22.6. The molecule has 14 heteroatoms. The number of imidazole rings is 1. The number of carbonyl (C=O) groups excluding carboxylic acids is 4. The second-order valence-electron chi connectivity index (χ2n) is 18.6. The zero-order valence-electron chi connectivity index (χ0n) is 37.4. The first kappa shape index (κ1) is 42.9. The molecule has 5 aliphatic rings. The Bertz CT molecular complexity index is 2470. The van der Waals surface area contributed by atoms with Gasteiger partial charge in [0.15, 0.2) is 0 Å². The first-order valence-corrected chi connectivity index (χ1v) is 23.5. The maximum atomic E-state index is 13.8. The minimum Gasteiger partial charge on any atom is -0.469 e. The number of methoxy groups -OCH3 is 2. The number of benzene rings is 2. The summed E-state index contributed by atoms with van der Waals surface area (Å²) in [4.78, 5) is 74.1. The van der Waals surface area contributed by atoms with Crippen LogP contribution in [0.5, 0.6) is 0 Å². The van der Waals surface area contributed by atoms with Crippen LogP contribution in [0.25, 0.3) is 32.1 Å². The normalized spacial score (nSPS) is 22.4. The largest absolute Gasteiger partial charge is 0.469 e. The van der Waals surface area contributed by atoms with E-state index in [1.165, 1.54) is 52.5 Å². The van der Waals surface area contributed by atoms with Crippen molar-refractivity contribution in [3.8, 4) is 32.1 Å². The molecule has 0 aliphatic carbocycles. The summed E-state index contributed by atoms with van der Waals surface area (Å²) in [7, 11) is 4.95. The van der Waals surface area contributed by atoms with Gasteiger partial charge in [-0.2, -0.15) is 0 Å². The lowest BCUT2D eigenvalue weighted by atomic mass is 9.82. The lowest BCUT2D eigenvalue weighted by molar-refractivity contribution is -0.148. The van der Waals surface area contributed by atoms with Crippen molar-refractivity contribution in [2.24, 2.45) is 22.7 Å². The topological polar surface area (TPSA) is 150 Å². The molecular formula is C49H59N7O6S.